The van der Waals surface area contributed by atoms with Crippen LogP contribution in [0.1, 0.15) is 55.4 Å². The molecule has 0 unspecified atom stereocenters. The highest BCUT2D eigenvalue weighted by atomic mass is 31.2. The van der Waals surface area contributed by atoms with Crippen molar-refractivity contribution in [3.63, 3.8) is 0 Å². The van der Waals surface area contributed by atoms with Crippen LogP contribution in [-0.4, -0.2) is 84.7 Å². The quantitative estimate of drug-likeness (QED) is 0.151. The third kappa shape index (κ3) is 15.9. The highest BCUT2D eigenvalue weighted by molar-refractivity contribution is 7.53. The van der Waals surface area contributed by atoms with E-state index in [9.17, 15) is 14.2 Å². The summed E-state index contributed by atoms with van der Waals surface area (Å²) in [7, 11) is -6.97. The lowest BCUT2D eigenvalue weighted by Crippen LogP contribution is -2.27. The summed E-state index contributed by atoms with van der Waals surface area (Å²) in [4.78, 5) is 7.97. The molecule has 0 spiro atoms. The number of aliphatic hydroxyl groups is 1. The number of aromatic nitrogens is 2. The highest BCUT2D eigenvalue weighted by Gasteiger charge is 2.30. The Labute approximate surface area is 231 Å². The molecule has 0 amide bonds. The first-order chi connectivity index (χ1) is 18.1. The van der Waals surface area contributed by atoms with Gasteiger partial charge in [0.15, 0.2) is 0 Å². The minimum absolute atomic E-state index is 0.0581. The van der Waals surface area contributed by atoms with E-state index in [0.29, 0.717) is 0 Å². The molecule has 39 heavy (non-hydrogen) atoms. The minimum Gasteiger partial charge on any atom is -0.475 e. The van der Waals surface area contributed by atoms with Crippen LogP contribution < -0.4 is 15.2 Å². The Kier molecular flexibility index (Phi) is 16.0. The second-order valence-electron chi connectivity index (χ2n) is 9.54. The molecule has 0 radical (unpaired) electrons. The number of ether oxygens (including phenoxy) is 4. The molecule has 0 aliphatic carbocycles. The van der Waals surface area contributed by atoms with Crippen LogP contribution in [0.3, 0.4) is 0 Å². The van der Waals surface area contributed by atoms with Crippen LogP contribution in [-0.2, 0) is 36.7 Å². The molecule has 16 heteroatoms. The van der Waals surface area contributed by atoms with Gasteiger partial charge in [-0.2, -0.15) is 9.97 Å². The third-order valence-corrected chi connectivity index (χ3v) is 7.93. The topological polar surface area (TPSA) is 180 Å². The van der Waals surface area contributed by atoms with Gasteiger partial charge in [0.1, 0.15) is 32.0 Å². The maximum atomic E-state index is 12.9. The first kappa shape index (κ1) is 35.7. The Morgan fingerprint density at radius 3 is 1.69 bits per heavy atom. The van der Waals surface area contributed by atoms with E-state index in [1.165, 1.54) is 6.07 Å². The molecule has 0 saturated heterocycles. The average Bonchev–Trinajstić information content (AvgIpc) is 2.76. The van der Waals surface area contributed by atoms with Crippen LogP contribution in [0.2, 0.25) is 0 Å². The Hall–Kier alpha value is -1.34. The summed E-state index contributed by atoms with van der Waals surface area (Å²) in [6.45, 7) is 13.5. The zero-order chi connectivity index (χ0) is 29.6. The van der Waals surface area contributed by atoms with E-state index in [0.717, 1.165) is 0 Å². The van der Waals surface area contributed by atoms with Gasteiger partial charge >= 0.3 is 15.2 Å². The van der Waals surface area contributed by atoms with Crippen LogP contribution in [0.4, 0.5) is 5.95 Å². The lowest BCUT2D eigenvalue weighted by Gasteiger charge is -2.24. The smallest absolute Gasteiger partial charge is 0.356 e. The number of nitrogen functional groups attached to an aromatic ring is 1. The molecular weight excluding hydrogens is 556 g/mol. The van der Waals surface area contributed by atoms with E-state index in [1.807, 2.05) is 0 Å². The van der Waals surface area contributed by atoms with E-state index in [-0.39, 0.29) is 74.6 Å². The van der Waals surface area contributed by atoms with Gasteiger partial charge in [-0.05, 0) is 55.4 Å². The Balaban J connectivity index is 2.62. The van der Waals surface area contributed by atoms with Crippen LogP contribution in [0.5, 0.6) is 11.8 Å². The fourth-order valence-corrected chi connectivity index (χ4v) is 6.59. The van der Waals surface area contributed by atoms with E-state index in [2.05, 4.69) is 9.97 Å². The second-order valence-corrected chi connectivity index (χ2v) is 13.3. The molecule has 0 aliphatic heterocycles. The van der Waals surface area contributed by atoms with Crippen molar-refractivity contribution in [1.82, 2.24) is 9.97 Å². The Morgan fingerprint density at radius 1 is 0.769 bits per heavy atom. The molecule has 0 bridgehead atoms. The molecule has 14 nitrogen and oxygen atoms in total. The van der Waals surface area contributed by atoms with Crippen LogP contribution >= 0.6 is 15.2 Å². The molecule has 3 N–H and O–H groups in total. The van der Waals surface area contributed by atoms with Crippen molar-refractivity contribution in [2.45, 2.75) is 85.9 Å². The zero-order valence-corrected chi connectivity index (χ0v) is 25.9. The molecule has 1 rings (SSSR count). The Morgan fingerprint density at radius 2 is 1.23 bits per heavy atom. The summed E-state index contributed by atoms with van der Waals surface area (Å²) in [5, 5.41) is 9.68. The molecule has 228 valence electrons. The highest BCUT2D eigenvalue weighted by Crippen LogP contribution is 2.51. The van der Waals surface area contributed by atoms with Gasteiger partial charge < -0.3 is 47.9 Å². The average molecular weight is 602 g/mol. The molecule has 0 aromatic carbocycles. The molecule has 0 fully saturated rings. The van der Waals surface area contributed by atoms with Gasteiger partial charge in [0.2, 0.25) is 17.7 Å². The number of hydrogen-bond donors (Lipinski definition) is 2. The van der Waals surface area contributed by atoms with Crippen LogP contribution in [0.15, 0.2) is 6.07 Å². The predicted octanol–water partition coefficient (Wildman–Crippen LogP) is 4.21. The summed E-state index contributed by atoms with van der Waals surface area (Å²) >= 11 is 0. The van der Waals surface area contributed by atoms with Crippen molar-refractivity contribution in [2.24, 2.45) is 0 Å². The summed E-state index contributed by atoms with van der Waals surface area (Å²) in [6, 6.07) is 1.40. The number of nitrogens with zero attached hydrogens (tertiary/aromatic N) is 2. The number of aliphatic hydroxyl groups excluding tert-OH is 1. The zero-order valence-electron chi connectivity index (χ0n) is 24.1. The number of rotatable bonds is 21. The van der Waals surface area contributed by atoms with Gasteiger partial charge in [-0.25, -0.2) is 0 Å². The van der Waals surface area contributed by atoms with Gasteiger partial charge in [-0.15, -0.1) is 0 Å². The first-order valence-corrected chi connectivity index (χ1v) is 16.2. The van der Waals surface area contributed by atoms with E-state index >= 15 is 0 Å². The largest absolute Gasteiger partial charge is 0.475 e. The molecule has 1 aromatic rings. The normalized spacial score (nSPS) is 13.6. The molecule has 1 atom stereocenters. The van der Waals surface area contributed by atoms with Gasteiger partial charge in [0.05, 0.1) is 43.7 Å². The van der Waals surface area contributed by atoms with Gasteiger partial charge in [-0.3, -0.25) is 9.13 Å². The second kappa shape index (κ2) is 17.5. The first-order valence-electron chi connectivity index (χ1n) is 12.8. The summed E-state index contributed by atoms with van der Waals surface area (Å²) < 4.78 is 69.6. The Bertz CT molecular complexity index is 907. The summed E-state index contributed by atoms with van der Waals surface area (Å²) in [5.74, 6) is 0.0775. The van der Waals surface area contributed by atoms with Crippen LogP contribution in [0.25, 0.3) is 0 Å². The van der Waals surface area contributed by atoms with Gasteiger partial charge in [0.25, 0.3) is 0 Å². The van der Waals surface area contributed by atoms with E-state index in [1.54, 1.807) is 55.4 Å². The predicted molar refractivity (Wildman–Crippen MR) is 145 cm³/mol. The van der Waals surface area contributed by atoms with E-state index in [4.69, 9.17) is 42.8 Å². The number of hydrogen-bond acceptors (Lipinski definition) is 14. The minimum atomic E-state index is -3.55. The number of nitrogens with two attached hydrogens (primary N) is 1. The van der Waals surface area contributed by atoms with Crippen molar-refractivity contribution in [2.75, 3.05) is 44.9 Å². The maximum absolute atomic E-state index is 12.9. The summed E-state index contributed by atoms with van der Waals surface area (Å²) in [6.07, 6.45) is -2.72. The van der Waals surface area contributed by atoms with Gasteiger partial charge in [-0.1, -0.05) is 0 Å². The summed E-state index contributed by atoms with van der Waals surface area (Å²) in [5.41, 5.74) is 5.75. The fourth-order valence-electron chi connectivity index (χ4n) is 2.94. The SMILES string of the molecule is CC(C)OP(=O)(COCCOc1cc(OC[C@@H](CO)OCP(=O)(OC(C)C)OC(C)C)nc(N)n1)OC(C)C. The van der Waals surface area contributed by atoms with Crippen molar-refractivity contribution in [1.29, 1.82) is 0 Å². The number of anilines is 1. The van der Waals surface area contributed by atoms with Gasteiger partial charge in [0, 0.05) is 0 Å². The molecule has 0 aliphatic rings. The molecular formula is C23H45N3O11P2. The molecule has 1 heterocycles. The third-order valence-electron chi connectivity index (χ3n) is 4.00. The monoisotopic (exact) mass is 601 g/mol. The lowest BCUT2D eigenvalue weighted by atomic mass is 10.4. The van der Waals surface area contributed by atoms with Crippen LogP contribution in [0, 0.1) is 0 Å². The lowest BCUT2D eigenvalue weighted by molar-refractivity contribution is -0.00609. The molecule has 0 saturated carbocycles. The fraction of sp³-hybridized carbons (Fsp3) is 0.826. The maximum Gasteiger partial charge on any atom is 0.356 e. The van der Waals surface area contributed by atoms with Crippen molar-refractivity contribution < 1.29 is 51.3 Å². The molecule has 1 aromatic heterocycles. The van der Waals surface area contributed by atoms with Crippen molar-refractivity contribution in [3.05, 3.63) is 6.07 Å². The van der Waals surface area contributed by atoms with Crippen molar-refractivity contribution >= 4 is 21.1 Å². The van der Waals surface area contributed by atoms with E-state index < -0.39 is 27.9 Å². The standard InChI is InChI=1S/C23H45N3O11P2/c1-16(2)34-38(28,35-17(3)4)14-30-9-10-31-21-11-22(26-23(24)25-21)32-13-20(12-27)33-15-39(29,36-18(5)6)37-19(7)8/h11,16-20,27H,9-10,12-15H2,1-8H3,(H2,24,25,26)/t20-/m1/s1. The van der Waals surface area contributed by atoms with Crippen molar-refractivity contribution in [3.8, 4) is 11.8 Å².